The summed E-state index contributed by atoms with van der Waals surface area (Å²) in [6.07, 6.45) is 3.20. The second-order valence-corrected chi connectivity index (χ2v) is 1.92. The Bertz CT molecular complexity index is 48.2. The van der Waals surface area contributed by atoms with Gasteiger partial charge in [-0.2, -0.15) is 6.92 Å². The van der Waals surface area contributed by atoms with E-state index in [1.165, 1.54) is 0 Å². The summed E-state index contributed by atoms with van der Waals surface area (Å²) in [6.45, 7) is 9.00. The maximum Gasteiger partial charge on any atom is 0 e. The van der Waals surface area contributed by atoms with Crippen molar-refractivity contribution in [2.24, 2.45) is 0 Å². The third-order valence-corrected chi connectivity index (χ3v) is 1.10. The summed E-state index contributed by atoms with van der Waals surface area (Å²) in [4.78, 5) is 0. The number of hydrogen-bond acceptors (Lipinski definition) is 1. The summed E-state index contributed by atoms with van der Waals surface area (Å²) in [6, 6.07) is 0.422. The Hall–Kier alpha value is 1.06. The first-order valence-corrected chi connectivity index (χ1v) is 3.15. The van der Waals surface area contributed by atoms with Crippen LogP contribution in [-0.2, 0) is 32.7 Å². The Morgan fingerprint density at radius 2 is 2.22 bits per heavy atom. The summed E-state index contributed by atoms with van der Waals surface area (Å²) in [5.74, 6) is 0. The summed E-state index contributed by atoms with van der Waals surface area (Å²) in [5, 5.41) is 3.22. The fraction of sp³-hybridized carbons (Fsp3) is 0.714. The molecule has 0 heterocycles. The molecule has 1 atom stereocenters. The predicted octanol–water partition coefficient (Wildman–Crippen LogP) is 1.41. The van der Waals surface area contributed by atoms with Crippen molar-refractivity contribution < 1.29 is 32.7 Å². The van der Waals surface area contributed by atoms with Crippen LogP contribution in [0.1, 0.15) is 20.3 Å². The van der Waals surface area contributed by atoms with Crippen LogP contribution in [0.2, 0.25) is 0 Å². The van der Waals surface area contributed by atoms with E-state index < -0.39 is 0 Å². The molecule has 1 nitrogen and oxygen atoms in total. The van der Waals surface area contributed by atoms with Gasteiger partial charge in [0.15, 0.2) is 0 Å². The van der Waals surface area contributed by atoms with Gasteiger partial charge in [0.2, 0.25) is 0 Å². The van der Waals surface area contributed by atoms with E-state index in [-0.39, 0.29) is 32.7 Å². The van der Waals surface area contributed by atoms with E-state index >= 15 is 0 Å². The quantitative estimate of drug-likeness (QED) is 0.679. The van der Waals surface area contributed by atoms with Gasteiger partial charge in [0.05, 0.1) is 0 Å². The predicted molar refractivity (Wildman–Crippen MR) is 37.4 cm³/mol. The van der Waals surface area contributed by atoms with Crippen molar-refractivity contribution in [2.45, 2.75) is 26.3 Å². The topological polar surface area (TPSA) is 12.0 Å². The maximum atomic E-state index is 3.86. The van der Waals surface area contributed by atoms with Crippen LogP contribution in [-0.4, -0.2) is 12.6 Å². The van der Waals surface area contributed by atoms with Crippen LogP contribution in [0.3, 0.4) is 0 Å². The van der Waals surface area contributed by atoms with Gasteiger partial charge >= 0.3 is 0 Å². The van der Waals surface area contributed by atoms with Gasteiger partial charge in [0.1, 0.15) is 0 Å². The third-order valence-electron chi connectivity index (χ3n) is 1.10. The van der Waals surface area contributed by atoms with Crippen molar-refractivity contribution in [3.63, 3.8) is 0 Å². The van der Waals surface area contributed by atoms with Crippen molar-refractivity contribution >= 4 is 0 Å². The number of rotatable bonds is 4. The molecule has 0 spiro atoms. The molecule has 0 saturated heterocycles. The summed E-state index contributed by atoms with van der Waals surface area (Å²) in [5.41, 5.74) is 0. The molecule has 0 aliphatic heterocycles. The van der Waals surface area contributed by atoms with Crippen LogP contribution in [0.15, 0.2) is 0 Å². The van der Waals surface area contributed by atoms with Crippen LogP contribution in [0.5, 0.6) is 0 Å². The molecule has 0 saturated carbocycles. The SMILES string of the molecule is [CH2-]C(CC)NC[CH-]C.[Y]. The average molecular weight is 202 g/mol. The fourth-order valence-corrected chi connectivity index (χ4v) is 0.429. The van der Waals surface area contributed by atoms with Gasteiger partial charge in [-0.05, 0) is 0 Å². The molecule has 0 aliphatic rings. The molecule has 9 heavy (non-hydrogen) atoms. The van der Waals surface area contributed by atoms with Crippen molar-refractivity contribution in [1.29, 1.82) is 0 Å². The van der Waals surface area contributed by atoms with Crippen molar-refractivity contribution in [2.75, 3.05) is 6.54 Å². The van der Waals surface area contributed by atoms with E-state index in [4.69, 9.17) is 0 Å². The maximum absolute atomic E-state index is 3.86. The Morgan fingerprint density at radius 1 is 1.67 bits per heavy atom. The van der Waals surface area contributed by atoms with Crippen LogP contribution < -0.4 is 5.32 Å². The van der Waals surface area contributed by atoms with Gasteiger partial charge in [-0.3, -0.25) is 0 Å². The van der Waals surface area contributed by atoms with Gasteiger partial charge in [0, 0.05) is 32.7 Å². The summed E-state index contributed by atoms with van der Waals surface area (Å²) >= 11 is 0. The molecule has 0 fully saturated rings. The molecule has 1 radical (unpaired) electrons. The zero-order valence-electron chi connectivity index (χ0n) is 6.35. The van der Waals surface area contributed by atoms with Crippen LogP contribution in [0, 0.1) is 13.3 Å². The Kier molecular flexibility index (Phi) is 12.8. The minimum Gasteiger partial charge on any atom is -0.373 e. The van der Waals surface area contributed by atoms with Gasteiger partial charge < -0.3 is 18.7 Å². The smallest absolute Gasteiger partial charge is 0 e. The number of hydrogen-bond donors (Lipinski definition) is 1. The Morgan fingerprint density at radius 3 is 2.56 bits per heavy atom. The monoisotopic (exact) mass is 202 g/mol. The standard InChI is InChI=1S/C7H15N.Y/c1-4-6-8-7(3)5-2;/h4,7-8H,3,5-6H2,1-2H3;/q-2;. The first-order valence-electron chi connectivity index (χ1n) is 3.15. The van der Waals surface area contributed by atoms with E-state index in [0.717, 1.165) is 13.0 Å². The van der Waals surface area contributed by atoms with E-state index in [1.807, 2.05) is 6.92 Å². The van der Waals surface area contributed by atoms with Crippen LogP contribution >= 0.6 is 0 Å². The molecule has 2 heteroatoms. The first kappa shape index (κ1) is 12.7. The minimum absolute atomic E-state index is 0. The van der Waals surface area contributed by atoms with Crippen LogP contribution in [0.25, 0.3) is 0 Å². The normalized spacial score (nSPS) is 12.3. The molecule has 0 aromatic rings. The van der Waals surface area contributed by atoms with Crippen molar-refractivity contribution in [3.8, 4) is 0 Å². The average Bonchev–Trinajstić information content (AvgIpc) is 1.83. The van der Waals surface area contributed by atoms with Gasteiger partial charge in [-0.25, -0.2) is 0 Å². The van der Waals surface area contributed by atoms with E-state index in [9.17, 15) is 0 Å². The zero-order chi connectivity index (χ0) is 6.41. The summed E-state index contributed by atoms with van der Waals surface area (Å²) in [7, 11) is 0. The van der Waals surface area contributed by atoms with Crippen molar-refractivity contribution in [1.82, 2.24) is 5.32 Å². The van der Waals surface area contributed by atoms with E-state index in [0.29, 0.717) is 6.04 Å². The Balaban J connectivity index is 0. The molecule has 0 rings (SSSR count). The molecule has 0 aliphatic carbocycles. The molecule has 0 aromatic carbocycles. The molecule has 53 valence electrons. The largest absolute Gasteiger partial charge is 0.373 e. The minimum atomic E-state index is 0. The third kappa shape index (κ3) is 9.06. The number of nitrogens with one attached hydrogen (secondary N) is 1. The molecule has 0 bridgehead atoms. The van der Waals surface area contributed by atoms with Gasteiger partial charge in [-0.15, -0.1) is 12.6 Å². The zero-order valence-corrected chi connectivity index (χ0v) is 9.19. The molecular formula is C7H15NY-2. The molecule has 0 amide bonds. The fourth-order valence-electron chi connectivity index (χ4n) is 0.429. The molecule has 0 aromatic heterocycles. The molecule has 1 N–H and O–H groups in total. The first-order chi connectivity index (χ1) is 3.81. The summed E-state index contributed by atoms with van der Waals surface area (Å²) < 4.78 is 0. The van der Waals surface area contributed by atoms with Gasteiger partial charge in [-0.1, -0.05) is 13.3 Å². The second kappa shape index (κ2) is 9.06. The Labute approximate surface area is 83.9 Å². The molecule has 1 unspecified atom stereocenters. The van der Waals surface area contributed by atoms with Gasteiger partial charge in [0.25, 0.3) is 0 Å². The van der Waals surface area contributed by atoms with E-state index in [1.54, 1.807) is 0 Å². The van der Waals surface area contributed by atoms with E-state index in [2.05, 4.69) is 25.6 Å². The molecular weight excluding hydrogens is 187 g/mol. The van der Waals surface area contributed by atoms with Crippen molar-refractivity contribution in [3.05, 3.63) is 13.3 Å². The second-order valence-electron chi connectivity index (χ2n) is 1.92. The van der Waals surface area contributed by atoms with Crippen LogP contribution in [0.4, 0.5) is 0 Å².